The maximum atomic E-state index is 12.3. The standard InChI is InChI=1S/C16H21N3O2/c1-4-19-11-17-10-14(19)15(16(20)21-5-2)18-13-8-6-7-12(3)9-13/h6-11,15,18H,4-5H2,1-3H3. The SMILES string of the molecule is CCOC(=O)C(Nc1cccc(C)c1)c1cncn1CC. The van der Waals surface area contributed by atoms with Gasteiger partial charge in [-0.05, 0) is 38.5 Å². The third kappa shape index (κ3) is 3.62. The molecule has 0 amide bonds. The molecular formula is C16H21N3O2. The van der Waals surface area contributed by atoms with Gasteiger partial charge in [0.1, 0.15) is 0 Å². The predicted octanol–water partition coefficient (Wildman–Crippen LogP) is 2.93. The Labute approximate surface area is 125 Å². The van der Waals surface area contributed by atoms with Gasteiger partial charge in [0, 0.05) is 12.2 Å². The molecule has 1 aromatic heterocycles. The first-order valence-electron chi connectivity index (χ1n) is 7.15. The van der Waals surface area contributed by atoms with E-state index >= 15 is 0 Å². The summed E-state index contributed by atoms with van der Waals surface area (Å²) in [6.07, 6.45) is 3.42. The zero-order chi connectivity index (χ0) is 15.2. The van der Waals surface area contributed by atoms with Gasteiger partial charge < -0.3 is 14.6 Å². The first-order chi connectivity index (χ1) is 10.2. The van der Waals surface area contributed by atoms with Gasteiger partial charge in [0.05, 0.1) is 24.8 Å². The molecule has 0 bridgehead atoms. The number of anilines is 1. The summed E-state index contributed by atoms with van der Waals surface area (Å²) in [6, 6.07) is 7.34. The Morgan fingerprint density at radius 2 is 2.24 bits per heavy atom. The van der Waals surface area contributed by atoms with E-state index in [0.717, 1.165) is 23.5 Å². The first-order valence-corrected chi connectivity index (χ1v) is 7.15. The molecule has 2 aromatic rings. The van der Waals surface area contributed by atoms with Crippen molar-refractivity contribution in [2.75, 3.05) is 11.9 Å². The Balaban J connectivity index is 2.30. The van der Waals surface area contributed by atoms with E-state index in [0.29, 0.717) is 6.61 Å². The van der Waals surface area contributed by atoms with E-state index in [4.69, 9.17) is 4.74 Å². The van der Waals surface area contributed by atoms with E-state index in [2.05, 4.69) is 10.3 Å². The third-order valence-electron chi connectivity index (χ3n) is 3.23. The highest BCUT2D eigenvalue weighted by Crippen LogP contribution is 2.21. The lowest BCUT2D eigenvalue weighted by Crippen LogP contribution is -2.25. The van der Waals surface area contributed by atoms with Crippen molar-refractivity contribution in [3.8, 4) is 0 Å². The molecule has 1 atom stereocenters. The van der Waals surface area contributed by atoms with Gasteiger partial charge >= 0.3 is 5.97 Å². The van der Waals surface area contributed by atoms with Gasteiger partial charge in [-0.15, -0.1) is 0 Å². The fourth-order valence-corrected chi connectivity index (χ4v) is 2.22. The number of hydrogen-bond acceptors (Lipinski definition) is 4. The lowest BCUT2D eigenvalue weighted by atomic mass is 10.1. The van der Waals surface area contributed by atoms with Gasteiger partial charge in [0.25, 0.3) is 0 Å². The van der Waals surface area contributed by atoms with Crippen LogP contribution in [-0.4, -0.2) is 22.1 Å². The van der Waals surface area contributed by atoms with Crippen LogP contribution in [0.1, 0.15) is 31.1 Å². The van der Waals surface area contributed by atoms with Crippen molar-refractivity contribution in [1.29, 1.82) is 0 Å². The molecule has 5 nitrogen and oxygen atoms in total. The first kappa shape index (κ1) is 15.1. The number of aromatic nitrogens is 2. The summed E-state index contributed by atoms with van der Waals surface area (Å²) >= 11 is 0. The van der Waals surface area contributed by atoms with Crippen LogP contribution in [0.25, 0.3) is 0 Å². The smallest absolute Gasteiger partial charge is 0.334 e. The molecule has 0 aliphatic carbocycles. The quantitative estimate of drug-likeness (QED) is 0.830. The van der Waals surface area contributed by atoms with Crippen LogP contribution in [0.5, 0.6) is 0 Å². The van der Waals surface area contributed by atoms with Crippen molar-refractivity contribution >= 4 is 11.7 Å². The van der Waals surface area contributed by atoms with Crippen molar-refractivity contribution in [1.82, 2.24) is 9.55 Å². The van der Waals surface area contributed by atoms with Crippen molar-refractivity contribution < 1.29 is 9.53 Å². The summed E-state index contributed by atoms with van der Waals surface area (Å²) in [5, 5.41) is 3.25. The number of ether oxygens (including phenoxy) is 1. The van der Waals surface area contributed by atoms with Crippen LogP contribution in [0.3, 0.4) is 0 Å². The Bertz CT molecular complexity index is 607. The molecule has 112 valence electrons. The fourth-order valence-electron chi connectivity index (χ4n) is 2.22. The molecule has 5 heteroatoms. The van der Waals surface area contributed by atoms with Crippen LogP contribution in [0.4, 0.5) is 5.69 Å². The van der Waals surface area contributed by atoms with E-state index in [1.54, 1.807) is 19.4 Å². The monoisotopic (exact) mass is 287 g/mol. The van der Waals surface area contributed by atoms with E-state index in [1.807, 2.05) is 42.7 Å². The highest BCUT2D eigenvalue weighted by Gasteiger charge is 2.25. The Hall–Kier alpha value is -2.30. The molecular weight excluding hydrogens is 266 g/mol. The molecule has 0 aliphatic heterocycles. The molecule has 2 rings (SSSR count). The number of nitrogens with zero attached hydrogens (tertiary/aromatic N) is 2. The number of imidazole rings is 1. The minimum atomic E-state index is -0.561. The molecule has 1 unspecified atom stereocenters. The third-order valence-corrected chi connectivity index (χ3v) is 3.23. The zero-order valence-electron chi connectivity index (χ0n) is 12.7. The zero-order valence-corrected chi connectivity index (χ0v) is 12.7. The summed E-state index contributed by atoms with van der Waals surface area (Å²) in [7, 11) is 0. The summed E-state index contributed by atoms with van der Waals surface area (Å²) in [6.45, 7) is 6.94. The van der Waals surface area contributed by atoms with Crippen LogP contribution in [-0.2, 0) is 16.1 Å². The molecule has 0 aliphatic rings. The topological polar surface area (TPSA) is 56.1 Å². The molecule has 1 aromatic carbocycles. The second-order valence-electron chi connectivity index (χ2n) is 4.80. The number of nitrogens with one attached hydrogen (secondary N) is 1. The molecule has 0 fully saturated rings. The summed E-state index contributed by atoms with van der Waals surface area (Å²) < 4.78 is 7.12. The number of rotatable bonds is 6. The molecule has 0 spiro atoms. The fraction of sp³-hybridized carbons (Fsp3) is 0.375. The van der Waals surface area contributed by atoms with Gasteiger partial charge in [-0.1, -0.05) is 12.1 Å². The number of benzene rings is 1. The molecule has 1 N–H and O–H groups in total. The van der Waals surface area contributed by atoms with E-state index in [9.17, 15) is 4.79 Å². The lowest BCUT2D eigenvalue weighted by molar-refractivity contribution is -0.144. The number of hydrogen-bond donors (Lipinski definition) is 1. The van der Waals surface area contributed by atoms with E-state index in [1.165, 1.54) is 0 Å². The Morgan fingerprint density at radius 1 is 1.43 bits per heavy atom. The summed E-state index contributed by atoms with van der Waals surface area (Å²) in [5.41, 5.74) is 2.82. The average Bonchev–Trinajstić information content (AvgIpc) is 2.93. The second kappa shape index (κ2) is 6.92. The van der Waals surface area contributed by atoms with Crippen molar-refractivity contribution in [3.63, 3.8) is 0 Å². The predicted molar refractivity (Wildman–Crippen MR) is 82.1 cm³/mol. The minimum absolute atomic E-state index is 0.297. The number of esters is 1. The van der Waals surface area contributed by atoms with Gasteiger partial charge in [0.15, 0.2) is 6.04 Å². The normalized spacial score (nSPS) is 12.0. The number of carbonyl (C=O) groups excluding carboxylic acids is 1. The summed E-state index contributed by atoms with van der Waals surface area (Å²) in [5.74, 6) is -0.297. The van der Waals surface area contributed by atoms with E-state index in [-0.39, 0.29) is 5.97 Å². The average molecular weight is 287 g/mol. The highest BCUT2D eigenvalue weighted by atomic mass is 16.5. The highest BCUT2D eigenvalue weighted by molar-refractivity contribution is 5.80. The summed E-state index contributed by atoms with van der Waals surface area (Å²) in [4.78, 5) is 16.4. The molecule has 0 radical (unpaired) electrons. The van der Waals surface area contributed by atoms with Crippen molar-refractivity contribution in [2.24, 2.45) is 0 Å². The van der Waals surface area contributed by atoms with Crippen LogP contribution in [0.15, 0.2) is 36.8 Å². The number of aryl methyl sites for hydroxylation is 2. The largest absolute Gasteiger partial charge is 0.464 e. The van der Waals surface area contributed by atoms with Gasteiger partial charge in [0.2, 0.25) is 0 Å². The van der Waals surface area contributed by atoms with Crippen molar-refractivity contribution in [2.45, 2.75) is 33.4 Å². The van der Waals surface area contributed by atoms with Crippen LogP contribution >= 0.6 is 0 Å². The number of carbonyl (C=O) groups is 1. The molecule has 21 heavy (non-hydrogen) atoms. The Morgan fingerprint density at radius 3 is 2.90 bits per heavy atom. The van der Waals surface area contributed by atoms with Crippen molar-refractivity contribution in [3.05, 3.63) is 48.0 Å². The van der Waals surface area contributed by atoms with Gasteiger partial charge in [-0.2, -0.15) is 0 Å². The second-order valence-corrected chi connectivity index (χ2v) is 4.80. The molecule has 0 saturated carbocycles. The van der Waals surface area contributed by atoms with Crippen LogP contribution in [0.2, 0.25) is 0 Å². The lowest BCUT2D eigenvalue weighted by Gasteiger charge is -2.19. The maximum absolute atomic E-state index is 12.3. The Kier molecular flexibility index (Phi) is 4.98. The molecule has 1 heterocycles. The maximum Gasteiger partial charge on any atom is 0.334 e. The minimum Gasteiger partial charge on any atom is -0.464 e. The van der Waals surface area contributed by atoms with Crippen LogP contribution in [0, 0.1) is 6.92 Å². The van der Waals surface area contributed by atoms with Crippen LogP contribution < -0.4 is 5.32 Å². The van der Waals surface area contributed by atoms with Gasteiger partial charge in [-0.25, -0.2) is 9.78 Å². The van der Waals surface area contributed by atoms with Gasteiger partial charge in [-0.3, -0.25) is 0 Å². The van der Waals surface area contributed by atoms with E-state index < -0.39 is 6.04 Å². The molecule has 0 saturated heterocycles.